The molecule has 0 spiro atoms. The smallest absolute Gasteiger partial charge is 0.265 e. The van der Waals surface area contributed by atoms with Gasteiger partial charge >= 0.3 is 0 Å². The Morgan fingerprint density at radius 2 is 1.19 bits per heavy atom. The molecule has 1 unspecified atom stereocenters. The molecule has 0 N–H and O–H groups in total. The van der Waals surface area contributed by atoms with Crippen LogP contribution >= 0.6 is 8.03 Å². The summed E-state index contributed by atoms with van der Waals surface area (Å²) < 4.78 is 28.4. The predicted octanol–water partition coefficient (Wildman–Crippen LogP) is 3.66. The molecule has 0 amide bonds. The van der Waals surface area contributed by atoms with Gasteiger partial charge in [0, 0.05) is 5.30 Å². The van der Waals surface area contributed by atoms with E-state index in [1.54, 1.807) is 48.5 Å². The maximum Gasteiger partial charge on any atom is 0.265 e. The summed E-state index contributed by atoms with van der Waals surface area (Å²) in [4.78, 5) is 0. The Morgan fingerprint density at radius 1 is 0.762 bits per heavy atom. The van der Waals surface area contributed by atoms with Crippen molar-refractivity contribution in [3.8, 4) is 17.2 Å². The molecular weight excluding hydrogens is 287 g/mol. The Hall–Kier alpha value is -1.93. The molecule has 0 saturated carbocycles. The summed E-state index contributed by atoms with van der Waals surface area (Å²) in [6, 6.07) is 14.2. The van der Waals surface area contributed by atoms with Crippen LogP contribution in [0.5, 0.6) is 17.2 Å². The second kappa shape index (κ2) is 7.75. The molecule has 21 heavy (non-hydrogen) atoms. The van der Waals surface area contributed by atoms with Crippen LogP contribution in [-0.2, 0) is 4.57 Å². The third-order valence-electron chi connectivity index (χ3n) is 2.75. The second-order valence-electron chi connectivity index (χ2n) is 4.25. The SMILES string of the molecule is CCOc1ccc(O[PH](=O)c2ccc(OCC)cc2)cc1. The van der Waals surface area contributed by atoms with E-state index < -0.39 is 8.03 Å². The van der Waals surface area contributed by atoms with Crippen molar-refractivity contribution in [3.05, 3.63) is 48.5 Å². The van der Waals surface area contributed by atoms with Gasteiger partial charge in [0.15, 0.2) is 0 Å². The topological polar surface area (TPSA) is 44.8 Å². The van der Waals surface area contributed by atoms with E-state index in [9.17, 15) is 4.57 Å². The van der Waals surface area contributed by atoms with Gasteiger partial charge in [0.05, 0.1) is 13.2 Å². The zero-order valence-corrected chi connectivity index (χ0v) is 13.2. The predicted molar refractivity (Wildman–Crippen MR) is 84.5 cm³/mol. The molecule has 0 fully saturated rings. The first-order chi connectivity index (χ1) is 10.2. The van der Waals surface area contributed by atoms with Gasteiger partial charge in [-0.25, -0.2) is 0 Å². The van der Waals surface area contributed by atoms with Gasteiger partial charge in [-0.15, -0.1) is 0 Å². The number of ether oxygens (including phenoxy) is 2. The van der Waals surface area contributed by atoms with E-state index >= 15 is 0 Å². The number of benzene rings is 2. The van der Waals surface area contributed by atoms with E-state index in [1.165, 1.54) is 0 Å². The van der Waals surface area contributed by atoms with Crippen LogP contribution in [0.2, 0.25) is 0 Å². The summed E-state index contributed by atoms with van der Waals surface area (Å²) in [5, 5.41) is 0.664. The van der Waals surface area contributed by atoms with Crippen molar-refractivity contribution in [1.82, 2.24) is 0 Å². The summed E-state index contributed by atoms with van der Waals surface area (Å²) in [7, 11) is -2.32. The first-order valence-electron chi connectivity index (χ1n) is 6.90. The largest absolute Gasteiger partial charge is 0.494 e. The maximum atomic E-state index is 12.2. The van der Waals surface area contributed by atoms with Crippen molar-refractivity contribution in [2.24, 2.45) is 0 Å². The molecule has 2 rings (SSSR count). The number of hydrogen-bond acceptors (Lipinski definition) is 4. The Labute approximate surface area is 125 Å². The van der Waals surface area contributed by atoms with Crippen LogP contribution < -0.4 is 19.3 Å². The maximum absolute atomic E-state index is 12.2. The molecule has 0 aliphatic carbocycles. The van der Waals surface area contributed by atoms with E-state index in [0.717, 1.165) is 11.5 Å². The minimum absolute atomic E-state index is 0.566. The Morgan fingerprint density at radius 3 is 1.67 bits per heavy atom. The van der Waals surface area contributed by atoms with Gasteiger partial charge in [-0.1, -0.05) is 0 Å². The van der Waals surface area contributed by atoms with Crippen molar-refractivity contribution in [3.63, 3.8) is 0 Å². The fraction of sp³-hybridized carbons (Fsp3) is 0.250. The van der Waals surface area contributed by atoms with Crippen molar-refractivity contribution < 1.29 is 18.6 Å². The van der Waals surface area contributed by atoms with Crippen LogP contribution in [0.4, 0.5) is 0 Å². The highest BCUT2D eigenvalue weighted by Crippen LogP contribution is 2.28. The van der Waals surface area contributed by atoms with Gasteiger partial charge < -0.3 is 14.0 Å². The first-order valence-corrected chi connectivity index (χ1v) is 8.22. The monoisotopic (exact) mass is 306 g/mol. The molecule has 2 aromatic carbocycles. The molecular formula is C16H19O4P. The molecule has 0 bridgehead atoms. The average molecular weight is 306 g/mol. The quantitative estimate of drug-likeness (QED) is 0.732. The van der Waals surface area contributed by atoms with Gasteiger partial charge in [-0.3, -0.25) is 4.57 Å². The van der Waals surface area contributed by atoms with Crippen LogP contribution in [-0.4, -0.2) is 13.2 Å². The average Bonchev–Trinajstić information content (AvgIpc) is 2.50. The zero-order valence-electron chi connectivity index (χ0n) is 12.2. The van der Waals surface area contributed by atoms with Crippen molar-refractivity contribution in [2.45, 2.75) is 13.8 Å². The minimum atomic E-state index is -2.32. The lowest BCUT2D eigenvalue weighted by atomic mass is 10.3. The van der Waals surface area contributed by atoms with Crippen molar-refractivity contribution in [1.29, 1.82) is 0 Å². The van der Waals surface area contributed by atoms with E-state index in [-0.39, 0.29) is 0 Å². The summed E-state index contributed by atoms with van der Waals surface area (Å²) in [5.41, 5.74) is 0. The fourth-order valence-electron chi connectivity index (χ4n) is 1.79. The number of hydrogen-bond donors (Lipinski definition) is 0. The van der Waals surface area contributed by atoms with E-state index in [0.29, 0.717) is 24.3 Å². The van der Waals surface area contributed by atoms with Crippen LogP contribution in [0.3, 0.4) is 0 Å². The highest BCUT2D eigenvalue weighted by atomic mass is 31.1. The van der Waals surface area contributed by atoms with Crippen LogP contribution in [0, 0.1) is 0 Å². The Kier molecular flexibility index (Phi) is 5.70. The van der Waals surface area contributed by atoms with Gasteiger partial charge in [0.1, 0.15) is 17.2 Å². The molecule has 112 valence electrons. The molecule has 0 aromatic heterocycles. The van der Waals surface area contributed by atoms with E-state index in [4.69, 9.17) is 14.0 Å². The molecule has 5 heteroatoms. The molecule has 4 nitrogen and oxygen atoms in total. The summed E-state index contributed by atoms with van der Waals surface area (Å²) in [5.74, 6) is 2.10. The van der Waals surface area contributed by atoms with Gasteiger partial charge in [0.2, 0.25) is 0 Å². The third-order valence-corrected chi connectivity index (χ3v) is 3.97. The molecule has 0 aliphatic rings. The van der Waals surface area contributed by atoms with E-state index in [1.807, 2.05) is 13.8 Å². The molecule has 1 atom stereocenters. The van der Waals surface area contributed by atoms with Crippen LogP contribution in [0.1, 0.15) is 13.8 Å². The minimum Gasteiger partial charge on any atom is -0.494 e. The van der Waals surface area contributed by atoms with Crippen LogP contribution in [0.25, 0.3) is 0 Å². The fourth-order valence-corrected chi connectivity index (χ4v) is 2.70. The summed E-state index contributed by atoms with van der Waals surface area (Å²) in [6.45, 7) is 5.07. The van der Waals surface area contributed by atoms with Gasteiger partial charge in [-0.2, -0.15) is 0 Å². The van der Waals surface area contributed by atoms with Gasteiger partial charge in [0.25, 0.3) is 8.03 Å². The molecule has 2 aromatic rings. The van der Waals surface area contributed by atoms with Crippen molar-refractivity contribution in [2.75, 3.05) is 13.2 Å². The lowest BCUT2D eigenvalue weighted by Gasteiger charge is -2.08. The zero-order chi connectivity index (χ0) is 15.1. The van der Waals surface area contributed by atoms with E-state index in [2.05, 4.69) is 0 Å². The third kappa shape index (κ3) is 4.54. The second-order valence-corrected chi connectivity index (χ2v) is 5.61. The normalized spacial score (nSPS) is 11.7. The van der Waals surface area contributed by atoms with Crippen molar-refractivity contribution >= 4 is 13.3 Å². The highest BCUT2D eigenvalue weighted by molar-refractivity contribution is 7.48. The highest BCUT2D eigenvalue weighted by Gasteiger charge is 2.06. The van der Waals surface area contributed by atoms with Crippen LogP contribution in [0.15, 0.2) is 48.5 Å². The number of rotatable bonds is 7. The lowest BCUT2D eigenvalue weighted by molar-refractivity contribution is 0.340. The molecule has 0 saturated heterocycles. The summed E-state index contributed by atoms with van der Waals surface area (Å²) >= 11 is 0. The first kappa shape index (κ1) is 15.5. The molecule has 0 heterocycles. The Balaban J connectivity index is 2.00. The Bertz CT molecular complexity index is 578. The molecule has 0 aliphatic heterocycles. The lowest BCUT2D eigenvalue weighted by Crippen LogP contribution is -2.00. The van der Waals surface area contributed by atoms with Gasteiger partial charge in [-0.05, 0) is 62.4 Å². The standard InChI is InChI=1S/C16H19O4P/c1-3-18-13-5-7-15(8-6-13)20-21(17)16-11-9-14(10-12-16)19-4-2/h5-12,21H,3-4H2,1-2H3. The molecule has 0 radical (unpaired) electrons. The summed E-state index contributed by atoms with van der Waals surface area (Å²) in [6.07, 6.45) is 0.